The summed E-state index contributed by atoms with van der Waals surface area (Å²) < 4.78 is 12.4. The Balaban J connectivity index is 2.11. The smallest absolute Gasteiger partial charge is 0.330 e. The molecule has 3 rings (SSSR count). The summed E-state index contributed by atoms with van der Waals surface area (Å²) in [6.07, 6.45) is 4.34. The average Bonchev–Trinajstić information content (AvgIpc) is 2.88. The van der Waals surface area contributed by atoms with Crippen LogP contribution in [0.15, 0.2) is 103 Å². The molecule has 0 N–H and O–H groups in total. The van der Waals surface area contributed by atoms with Gasteiger partial charge in [0.2, 0.25) is 0 Å². The van der Waals surface area contributed by atoms with Crippen molar-refractivity contribution in [2.24, 2.45) is 0 Å². The summed E-state index contributed by atoms with van der Waals surface area (Å²) in [5.74, 6) is 3.09. The van der Waals surface area contributed by atoms with Gasteiger partial charge in [-0.05, 0) is 28.9 Å². The maximum Gasteiger partial charge on any atom is 0.330 e. The van der Waals surface area contributed by atoms with Gasteiger partial charge in [-0.2, -0.15) is 0 Å². The Kier molecular flexibility index (Phi) is 10.1. The Bertz CT molecular complexity index is 1080. The molecule has 0 heterocycles. The largest absolute Gasteiger partial charge is 0.463 e. The van der Waals surface area contributed by atoms with E-state index in [2.05, 4.69) is 104 Å². The summed E-state index contributed by atoms with van der Waals surface area (Å²) in [4.78, 5) is 12.0. The molecule has 0 fully saturated rings. The van der Waals surface area contributed by atoms with Crippen LogP contribution in [-0.4, -0.2) is 35.1 Å². The first-order valence-corrected chi connectivity index (χ1v) is 17.9. The third-order valence-corrected chi connectivity index (χ3v) is 10.7. The summed E-state index contributed by atoms with van der Waals surface area (Å²) in [6.45, 7) is 8.90. The number of esters is 1. The van der Waals surface area contributed by atoms with E-state index in [0.717, 1.165) is 0 Å². The van der Waals surface area contributed by atoms with Crippen molar-refractivity contribution in [2.45, 2.75) is 45.5 Å². The first kappa shape index (κ1) is 27.4. The van der Waals surface area contributed by atoms with Gasteiger partial charge in [0.1, 0.15) is 8.07 Å². The zero-order valence-corrected chi connectivity index (χ0v) is 23.7. The van der Waals surface area contributed by atoms with E-state index in [1.165, 1.54) is 21.6 Å². The molecule has 0 aliphatic heterocycles. The van der Waals surface area contributed by atoms with Crippen LogP contribution in [0.5, 0.6) is 0 Å². The van der Waals surface area contributed by atoms with Crippen molar-refractivity contribution in [3.63, 3.8) is 0 Å². The van der Waals surface area contributed by atoms with Crippen LogP contribution in [0.1, 0.15) is 19.8 Å². The summed E-state index contributed by atoms with van der Waals surface area (Å²) in [6, 6.07) is 31.6. The van der Waals surface area contributed by atoms with Crippen molar-refractivity contribution in [2.75, 3.05) is 6.61 Å². The van der Waals surface area contributed by atoms with E-state index >= 15 is 0 Å². The fourth-order valence-electron chi connectivity index (χ4n) is 4.08. The van der Waals surface area contributed by atoms with Gasteiger partial charge in [0.25, 0.3) is 8.32 Å². The third kappa shape index (κ3) is 7.66. The van der Waals surface area contributed by atoms with Crippen molar-refractivity contribution in [3.05, 3.63) is 103 Å². The lowest BCUT2D eigenvalue weighted by Gasteiger charge is -2.36. The minimum Gasteiger partial charge on any atom is -0.463 e. The lowest BCUT2D eigenvalue weighted by Crippen LogP contribution is -2.70. The molecule has 0 radical (unpaired) electrons. The minimum absolute atomic E-state index is 0.188. The molecule has 3 nitrogen and oxygen atoms in total. The molecule has 0 unspecified atom stereocenters. The summed E-state index contributed by atoms with van der Waals surface area (Å²) in [5.41, 5.74) is 3.49. The molecular formula is C31H36O3Si2. The van der Waals surface area contributed by atoms with E-state index in [4.69, 9.17) is 9.16 Å². The standard InChI is InChI=1S/C31H36O3Si2/c1-5-33-31(32)25-15-17-27(18-16-26-35(2,3)4)34-36(28-19-9-6-10-20-28,29-21-11-7-12-22-29)30-23-13-8-14-24-30/h6-15,19-25,27H,5,17-18H2,1-4H3/b25-15+/t27-/m1/s1. The van der Waals surface area contributed by atoms with Crippen LogP contribution in [0.4, 0.5) is 0 Å². The second-order valence-corrected chi connectivity index (χ2v) is 17.7. The lowest BCUT2D eigenvalue weighted by molar-refractivity contribution is -0.137. The van der Waals surface area contributed by atoms with Crippen molar-refractivity contribution < 1.29 is 14.0 Å². The number of hydrogen-bond acceptors (Lipinski definition) is 3. The van der Waals surface area contributed by atoms with E-state index in [9.17, 15) is 4.79 Å². The van der Waals surface area contributed by atoms with Crippen LogP contribution in [0.2, 0.25) is 19.6 Å². The topological polar surface area (TPSA) is 35.5 Å². The molecule has 3 aromatic carbocycles. The molecule has 0 aliphatic rings. The van der Waals surface area contributed by atoms with E-state index in [1.54, 1.807) is 0 Å². The Labute approximate surface area is 218 Å². The maximum absolute atomic E-state index is 12.0. The van der Waals surface area contributed by atoms with Crippen LogP contribution >= 0.6 is 0 Å². The van der Waals surface area contributed by atoms with Gasteiger partial charge in [-0.1, -0.05) is 117 Å². The predicted octanol–water partition coefficient (Wildman–Crippen LogP) is 4.82. The Morgan fingerprint density at radius 3 is 1.72 bits per heavy atom. The zero-order chi connectivity index (χ0) is 25.9. The minimum atomic E-state index is -2.88. The van der Waals surface area contributed by atoms with Crippen LogP contribution in [-0.2, 0) is 14.0 Å². The number of ether oxygens (including phenoxy) is 1. The van der Waals surface area contributed by atoms with E-state index in [1.807, 2.05) is 31.2 Å². The molecule has 3 aromatic rings. The molecule has 36 heavy (non-hydrogen) atoms. The van der Waals surface area contributed by atoms with Crippen molar-refractivity contribution in [3.8, 4) is 11.5 Å². The Morgan fingerprint density at radius 1 is 0.833 bits per heavy atom. The molecule has 0 aliphatic carbocycles. The van der Waals surface area contributed by atoms with Gasteiger partial charge in [-0.25, -0.2) is 4.79 Å². The van der Waals surface area contributed by atoms with Gasteiger partial charge in [0.05, 0.1) is 12.7 Å². The monoisotopic (exact) mass is 512 g/mol. The summed E-state index contributed by atoms with van der Waals surface area (Å²) >= 11 is 0. The van der Waals surface area contributed by atoms with Crippen molar-refractivity contribution in [1.82, 2.24) is 0 Å². The molecule has 5 heteroatoms. The highest BCUT2D eigenvalue weighted by molar-refractivity contribution is 7.07. The van der Waals surface area contributed by atoms with Gasteiger partial charge in [-0.3, -0.25) is 0 Å². The van der Waals surface area contributed by atoms with E-state index < -0.39 is 16.4 Å². The molecule has 0 aromatic heterocycles. The van der Waals surface area contributed by atoms with Crippen LogP contribution < -0.4 is 15.6 Å². The van der Waals surface area contributed by atoms with Crippen LogP contribution in [0.25, 0.3) is 0 Å². The maximum atomic E-state index is 12.0. The highest BCUT2D eigenvalue weighted by Crippen LogP contribution is 2.17. The fraction of sp³-hybridized carbons (Fsp3) is 0.258. The summed E-state index contributed by atoms with van der Waals surface area (Å²) in [5, 5.41) is 3.54. The van der Waals surface area contributed by atoms with Crippen molar-refractivity contribution >= 4 is 37.9 Å². The van der Waals surface area contributed by atoms with Crippen LogP contribution in [0, 0.1) is 11.5 Å². The van der Waals surface area contributed by atoms with Gasteiger partial charge >= 0.3 is 5.97 Å². The van der Waals surface area contributed by atoms with Gasteiger partial charge < -0.3 is 9.16 Å². The SMILES string of the molecule is CCOC(=O)/C=C/C[C@H](CC#C[Si](C)(C)C)O[Si](c1ccccc1)(c1ccccc1)c1ccccc1. The highest BCUT2D eigenvalue weighted by atomic mass is 28.4. The van der Waals surface area contributed by atoms with E-state index in [-0.39, 0.29) is 12.1 Å². The number of benzene rings is 3. The fourth-order valence-corrected chi connectivity index (χ4v) is 8.79. The normalized spacial score (nSPS) is 12.6. The van der Waals surface area contributed by atoms with E-state index in [0.29, 0.717) is 19.4 Å². The quantitative estimate of drug-likeness (QED) is 0.128. The van der Waals surface area contributed by atoms with Crippen LogP contribution in [0.3, 0.4) is 0 Å². The molecule has 186 valence electrons. The molecular weight excluding hydrogens is 477 g/mol. The number of rotatable bonds is 10. The number of carbonyl (C=O) groups is 1. The Morgan fingerprint density at radius 2 is 1.31 bits per heavy atom. The first-order chi connectivity index (χ1) is 17.3. The third-order valence-electron chi connectivity index (χ3n) is 5.62. The van der Waals surface area contributed by atoms with Gasteiger partial charge in [0.15, 0.2) is 0 Å². The first-order valence-electron chi connectivity index (χ1n) is 12.5. The number of carbonyl (C=O) groups excluding carboxylic acids is 1. The lowest BCUT2D eigenvalue weighted by atomic mass is 10.2. The molecule has 1 atom stereocenters. The van der Waals surface area contributed by atoms with Gasteiger partial charge in [0, 0.05) is 12.5 Å². The molecule has 0 spiro atoms. The molecule has 0 saturated carbocycles. The summed E-state index contributed by atoms with van der Waals surface area (Å²) in [7, 11) is -4.41. The zero-order valence-electron chi connectivity index (χ0n) is 21.7. The molecule has 0 amide bonds. The second-order valence-electron chi connectivity index (χ2n) is 9.67. The molecule has 0 bridgehead atoms. The molecule has 0 saturated heterocycles. The van der Waals surface area contributed by atoms with Crippen molar-refractivity contribution in [1.29, 1.82) is 0 Å². The second kappa shape index (κ2) is 13.2. The average molecular weight is 513 g/mol. The number of hydrogen-bond donors (Lipinski definition) is 0. The van der Waals surface area contributed by atoms with Gasteiger partial charge in [-0.15, -0.1) is 11.5 Å². The highest BCUT2D eigenvalue weighted by Gasteiger charge is 2.43. The Hall–Kier alpha value is -3.18. The predicted molar refractivity (Wildman–Crippen MR) is 155 cm³/mol.